The van der Waals surface area contributed by atoms with Gasteiger partial charge in [-0.05, 0) is 31.0 Å². The lowest BCUT2D eigenvalue weighted by Gasteiger charge is -2.33. The Kier molecular flexibility index (Phi) is 7.01. The molecule has 0 radical (unpaired) electrons. The molecule has 6 nitrogen and oxygen atoms in total. The Balaban J connectivity index is 1.99. The number of anilines is 2. The van der Waals surface area contributed by atoms with Crippen LogP contribution in [-0.2, 0) is 0 Å². The maximum atomic E-state index is 14.5. The number of nitrogens with one attached hydrogen (secondary N) is 1. The number of likely N-dealkylation sites (N-methyl/N-ethyl adjacent to an activating group) is 1. The number of carbonyl (C=O) groups is 1. The van der Waals surface area contributed by atoms with E-state index in [2.05, 4.69) is 5.32 Å². The van der Waals surface area contributed by atoms with Crippen molar-refractivity contribution in [3.63, 3.8) is 0 Å². The Morgan fingerprint density at radius 3 is 2.60 bits per heavy atom. The predicted molar refractivity (Wildman–Crippen MR) is 96.4 cm³/mol. The zero-order valence-corrected chi connectivity index (χ0v) is 14.9. The molecule has 0 spiro atoms. The van der Waals surface area contributed by atoms with Crippen molar-refractivity contribution >= 4 is 17.4 Å². The smallest absolute Gasteiger partial charge is 0.321 e. The molecule has 1 atom stereocenters. The fraction of sp³-hybridized carbons (Fsp3) is 0.611. The first-order valence-electron chi connectivity index (χ1n) is 8.75. The van der Waals surface area contributed by atoms with E-state index >= 15 is 0 Å². The zero-order valence-electron chi connectivity index (χ0n) is 14.9. The molecule has 1 aromatic carbocycles. The van der Waals surface area contributed by atoms with Gasteiger partial charge in [-0.2, -0.15) is 0 Å². The van der Waals surface area contributed by atoms with Gasteiger partial charge in [0.2, 0.25) is 0 Å². The second-order valence-electron chi connectivity index (χ2n) is 6.72. The van der Waals surface area contributed by atoms with E-state index in [9.17, 15) is 14.3 Å². The Morgan fingerprint density at radius 1 is 1.32 bits per heavy atom. The molecule has 0 saturated heterocycles. The Labute approximate surface area is 148 Å². The second kappa shape index (κ2) is 9.01. The van der Waals surface area contributed by atoms with Crippen molar-refractivity contribution < 1.29 is 19.4 Å². The van der Waals surface area contributed by atoms with Crippen LogP contribution in [0.2, 0.25) is 0 Å². The predicted octanol–water partition coefficient (Wildman–Crippen LogP) is 2.41. The molecule has 0 aromatic heterocycles. The van der Waals surface area contributed by atoms with Crippen LogP contribution in [0.15, 0.2) is 18.2 Å². The number of rotatable bonds is 6. The van der Waals surface area contributed by atoms with Crippen molar-refractivity contribution in [1.29, 1.82) is 0 Å². The molecule has 7 heteroatoms. The molecule has 1 aliphatic rings. The van der Waals surface area contributed by atoms with Crippen LogP contribution in [0.4, 0.5) is 20.6 Å². The molecular formula is C18H28FN3O3. The van der Waals surface area contributed by atoms with E-state index < -0.39 is 18.7 Å². The lowest BCUT2D eigenvalue weighted by atomic mass is 9.94. The van der Waals surface area contributed by atoms with Crippen LogP contribution in [0.25, 0.3) is 0 Å². The lowest BCUT2D eigenvalue weighted by Crippen LogP contribution is -2.38. The number of benzene rings is 1. The second-order valence-corrected chi connectivity index (χ2v) is 6.72. The first-order chi connectivity index (χ1) is 11.9. The van der Waals surface area contributed by atoms with Gasteiger partial charge in [0.15, 0.2) is 0 Å². The van der Waals surface area contributed by atoms with Crippen LogP contribution >= 0.6 is 0 Å². The Bertz CT molecular complexity index is 579. The van der Waals surface area contributed by atoms with E-state index in [-0.39, 0.29) is 12.4 Å². The summed E-state index contributed by atoms with van der Waals surface area (Å²) >= 11 is 0. The average molecular weight is 353 g/mol. The molecule has 0 bridgehead atoms. The SMILES string of the molecule is CN(C[C@H](O)CO)C(=O)Nc1ccc(N(C)C2CCCCC2)c(F)c1. The lowest BCUT2D eigenvalue weighted by molar-refractivity contribution is 0.0750. The van der Waals surface area contributed by atoms with Gasteiger partial charge in [0.05, 0.1) is 24.9 Å². The molecule has 3 N–H and O–H groups in total. The molecule has 2 amide bonds. The Hall–Kier alpha value is -1.86. The minimum Gasteiger partial charge on any atom is -0.394 e. The summed E-state index contributed by atoms with van der Waals surface area (Å²) in [5, 5.41) is 20.8. The van der Waals surface area contributed by atoms with Crippen molar-refractivity contribution in [1.82, 2.24) is 4.90 Å². The van der Waals surface area contributed by atoms with E-state index in [0.29, 0.717) is 17.4 Å². The minimum absolute atomic E-state index is 0.00663. The maximum Gasteiger partial charge on any atom is 0.321 e. The quantitative estimate of drug-likeness (QED) is 0.734. The molecule has 2 rings (SSSR count). The maximum absolute atomic E-state index is 14.5. The fourth-order valence-electron chi connectivity index (χ4n) is 3.21. The van der Waals surface area contributed by atoms with E-state index in [1.54, 1.807) is 12.1 Å². The number of amides is 2. The van der Waals surface area contributed by atoms with Gasteiger partial charge in [0.25, 0.3) is 0 Å². The molecule has 1 saturated carbocycles. The largest absolute Gasteiger partial charge is 0.394 e. The van der Waals surface area contributed by atoms with Crippen molar-refractivity contribution in [2.45, 2.75) is 44.2 Å². The van der Waals surface area contributed by atoms with Crippen LogP contribution in [0.1, 0.15) is 32.1 Å². The van der Waals surface area contributed by atoms with E-state index in [4.69, 9.17) is 5.11 Å². The third-order valence-electron chi connectivity index (χ3n) is 4.74. The topological polar surface area (TPSA) is 76.0 Å². The third kappa shape index (κ3) is 5.31. The average Bonchev–Trinajstić information content (AvgIpc) is 2.61. The van der Waals surface area contributed by atoms with Crippen molar-refractivity contribution in [2.24, 2.45) is 0 Å². The molecule has 1 aromatic rings. The first-order valence-corrected chi connectivity index (χ1v) is 8.75. The fourth-order valence-corrected chi connectivity index (χ4v) is 3.21. The first kappa shape index (κ1) is 19.5. The summed E-state index contributed by atoms with van der Waals surface area (Å²) in [4.78, 5) is 15.3. The highest BCUT2D eigenvalue weighted by atomic mass is 19.1. The summed E-state index contributed by atoms with van der Waals surface area (Å²) in [6, 6.07) is 4.55. The molecule has 140 valence electrons. The van der Waals surface area contributed by atoms with Gasteiger partial charge in [-0.25, -0.2) is 9.18 Å². The highest BCUT2D eigenvalue weighted by Gasteiger charge is 2.21. The monoisotopic (exact) mass is 353 g/mol. The number of halogens is 1. The van der Waals surface area contributed by atoms with E-state index in [1.165, 1.54) is 37.3 Å². The van der Waals surface area contributed by atoms with Gasteiger partial charge in [0.1, 0.15) is 5.82 Å². The minimum atomic E-state index is -1.00. The van der Waals surface area contributed by atoms with Crippen LogP contribution in [0.3, 0.4) is 0 Å². The molecular weight excluding hydrogens is 325 g/mol. The summed E-state index contributed by atoms with van der Waals surface area (Å²) < 4.78 is 14.5. The van der Waals surface area contributed by atoms with Gasteiger partial charge in [-0.15, -0.1) is 0 Å². The van der Waals surface area contributed by atoms with Gasteiger partial charge in [-0.3, -0.25) is 0 Å². The summed E-state index contributed by atoms with van der Waals surface area (Å²) in [5.74, 6) is -0.371. The number of aliphatic hydroxyl groups excluding tert-OH is 2. The molecule has 1 fully saturated rings. The van der Waals surface area contributed by atoms with Crippen molar-refractivity contribution in [3.8, 4) is 0 Å². The van der Waals surface area contributed by atoms with Crippen LogP contribution in [0, 0.1) is 5.82 Å². The molecule has 1 aliphatic carbocycles. The zero-order chi connectivity index (χ0) is 18.4. The van der Waals surface area contributed by atoms with E-state index in [1.807, 2.05) is 11.9 Å². The Morgan fingerprint density at radius 2 is 2.00 bits per heavy atom. The van der Waals surface area contributed by atoms with Gasteiger partial charge < -0.3 is 25.3 Å². The van der Waals surface area contributed by atoms with Gasteiger partial charge in [0, 0.05) is 25.8 Å². The normalized spacial score (nSPS) is 16.4. The highest BCUT2D eigenvalue weighted by molar-refractivity contribution is 5.89. The summed E-state index contributed by atoms with van der Waals surface area (Å²) in [7, 11) is 3.41. The van der Waals surface area contributed by atoms with Crippen LogP contribution in [-0.4, -0.2) is 60.5 Å². The summed E-state index contributed by atoms with van der Waals surface area (Å²) in [5.41, 5.74) is 0.891. The van der Waals surface area contributed by atoms with E-state index in [0.717, 1.165) is 12.8 Å². The van der Waals surface area contributed by atoms with Crippen LogP contribution < -0.4 is 10.2 Å². The molecule has 0 heterocycles. The number of urea groups is 1. The summed E-state index contributed by atoms with van der Waals surface area (Å²) in [6.45, 7) is -0.429. The molecule has 25 heavy (non-hydrogen) atoms. The third-order valence-corrected chi connectivity index (χ3v) is 4.74. The number of aliphatic hydroxyl groups is 2. The standard InChI is InChI=1S/C18H28FN3O3/c1-21(11-15(24)12-23)18(25)20-13-8-9-17(16(19)10-13)22(2)14-6-4-3-5-7-14/h8-10,14-15,23-24H,3-7,11-12H2,1-2H3,(H,20,25)/t15-/m0/s1. The van der Waals surface area contributed by atoms with Crippen LogP contribution in [0.5, 0.6) is 0 Å². The number of nitrogens with zero attached hydrogens (tertiary/aromatic N) is 2. The highest BCUT2D eigenvalue weighted by Crippen LogP contribution is 2.29. The van der Waals surface area contributed by atoms with Gasteiger partial charge >= 0.3 is 6.03 Å². The summed E-state index contributed by atoms with van der Waals surface area (Å²) in [6.07, 6.45) is 4.75. The number of carbonyl (C=O) groups excluding carboxylic acids is 1. The van der Waals surface area contributed by atoms with Gasteiger partial charge in [-0.1, -0.05) is 19.3 Å². The van der Waals surface area contributed by atoms with Crippen molar-refractivity contribution in [2.75, 3.05) is 37.5 Å². The molecule has 0 aliphatic heterocycles. The molecule has 0 unspecified atom stereocenters. The number of hydrogen-bond donors (Lipinski definition) is 3. The number of hydrogen-bond acceptors (Lipinski definition) is 4. The van der Waals surface area contributed by atoms with Crippen molar-refractivity contribution in [3.05, 3.63) is 24.0 Å².